The zero-order chi connectivity index (χ0) is 54.8. The van der Waals surface area contributed by atoms with Crippen LogP contribution in [0.2, 0.25) is 0 Å². The van der Waals surface area contributed by atoms with Crippen LogP contribution in [-0.2, 0) is 0 Å². The lowest BCUT2D eigenvalue weighted by molar-refractivity contribution is 3.29. The van der Waals surface area contributed by atoms with E-state index in [1.54, 1.807) is 0 Å². The minimum Gasteiger partial charge on any atom is -0.203 e. The highest BCUT2D eigenvalue weighted by atomic mass is 32.1. The van der Waals surface area contributed by atoms with Gasteiger partial charge in [0, 0.05) is 450 Å². The summed E-state index contributed by atoms with van der Waals surface area (Å²) in [7, 11) is 231. The molecule has 69 heavy (non-hydrogen) atoms. The third-order valence-corrected chi connectivity index (χ3v) is 23.8. The lowest BCUT2D eigenvalue weighted by Gasteiger charge is -2.63. The van der Waals surface area contributed by atoms with Gasteiger partial charge in [-0.05, 0) is 0 Å². The molecular formula is B67P2. The van der Waals surface area contributed by atoms with E-state index in [9.17, 15) is 0 Å². The summed E-state index contributed by atoms with van der Waals surface area (Å²) in [6, 6.07) is 0. The molecule has 211 valence electrons. The predicted molar refractivity (Wildman–Crippen MR) is 399 cm³/mol. The summed E-state index contributed by atoms with van der Waals surface area (Å²) in [6.07, 6.45) is -45.7. The molecule has 0 bridgehead atoms. The van der Waals surface area contributed by atoms with Crippen LogP contribution in [0, 0.1) is 0 Å². The molecule has 0 fully saturated rings. The van der Waals surface area contributed by atoms with Gasteiger partial charge in [-0.1, -0.05) is 0 Å². The molecule has 0 rings (SSSR count). The second-order valence-corrected chi connectivity index (χ2v) is 25.2. The Hall–Kier alpha value is 5.21. The molecule has 0 heterocycles. The Kier molecular flexibility index (Phi) is 37.1. The van der Waals surface area contributed by atoms with Crippen LogP contribution in [0.5, 0.6) is 0 Å². The van der Waals surface area contributed by atoms with Crippen molar-refractivity contribution in [3.63, 3.8) is 0 Å². The Bertz CT molecular complexity index is 1140. The topological polar surface area (TPSA) is 0 Å². The van der Waals surface area contributed by atoms with Gasteiger partial charge in [-0.3, -0.25) is 0 Å². The summed E-state index contributed by atoms with van der Waals surface area (Å²) < 4.78 is 0. The second kappa shape index (κ2) is 34.5. The fourth-order valence-corrected chi connectivity index (χ4v) is 25.8. The third kappa shape index (κ3) is 20.3. The SMILES string of the molecule is [B][B]B(B([B])[B])B(B(B([B])[B])B([B])[B])B(B(B([B])[B])B([B])[B])P(B(B(B([B])[B])B([B])[B])B(B([B])[B])B([B])[B])P(B(B(B([B])[B])B([B])[B])B(B([B])[B])B([B])[B])B(B(B([B])[B])B([B])[B])B(B([B])[B])B([B])[B]. The van der Waals surface area contributed by atoms with Gasteiger partial charge in [0.2, 0.25) is 0 Å². The Balaban J connectivity index is 11.6. The third-order valence-electron chi connectivity index (χ3n) is 13.3. The summed E-state index contributed by atoms with van der Waals surface area (Å²) >= 11 is 0. The van der Waals surface area contributed by atoms with Crippen LogP contribution in [0.4, 0.5) is 0 Å². The van der Waals surface area contributed by atoms with E-state index in [1.165, 1.54) is 0 Å². The molecule has 71 radical (unpaired) electrons. The van der Waals surface area contributed by atoms with E-state index >= 15 is 0 Å². The minimum absolute atomic E-state index is 1.15. The van der Waals surface area contributed by atoms with Gasteiger partial charge >= 0.3 is 0 Å². The van der Waals surface area contributed by atoms with Gasteiger partial charge in [0.05, 0.1) is 24.9 Å². The normalized spacial score (nSPS) is 10.4. The quantitative estimate of drug-likeness (QED) is 0.0459. The van der Waals surface area contributed by atoms with Crippen LogP contribution in [0.25, 0.3) is 0 Å². The first-order valence-corrected chi connectivity index (χ1v) is 25.9. The Morgan fingerprint density at radius 1 is 0.174 bits per heavy atom. The maximum Gasteiger partial charge on any atom is 0.0670 e. The highest BCUT2D eigenvalue weighted by Crippen LogP contribution is 2.76. The van der Waals surface area contributed by atoms with E-state index in [4.69, 9.17) is 271 Å². The summed E-state index contributed by atoms with van der Waals surface area (Å²) in [6.45, 7) is 0. The van der Waals surface area contributed by atoms with Gasteiger partial charge in [0.1, 0.15) is 0 Å². The van der Waals surface area contributed by atoms with Gasteiger partial charge in [-0.2, -0.15) is 0 Å². The molecule has 0 aromatic heterocycles. The second-order valence-electron chi connectivity index (χ2n) is 18.5. The van der Waals surface area contributed by atoms with E-state index in [1.807, 2.05) is 0 Å². The molecule has 0 aliphatic carbocycles. The fraction of sp³-hybridized carbons (Fsp3) is 0. The fourth-order valence-electron chi connectivity index (χ4n) is 10.4. The van der Waals surface area contributed by atoms with Crippen LogP contribution in [-0.4, -0.2) is 475 Å². The summed E-state index contributed by atoms with van der Waals surface area (Å²) in [5, 5.41) is 0. The van der Waals surface area contributed by atoms with Gasteiger partial charge < -0.3 is 0 Å². The number of hydrogen-bond acceptors (Lipinski definition) is 0. The minimum atomic E-state index is -2.85. The smallest absolute Gasteiger partial charge is 0.0670 e. The lowest BCUT2D eigenvalue weighted by atomic mass is 8.42. The van der Waals surface area contributed by atoms with Crippen molar-refractivity contribution in [3.8, 4) is 0 Å². The predicted octanol–water partition coefficient (Wildman–Crippen LogP) is -23.8. The van der Waals surface area contributed by atoms with E-state index in [0.717, 1.165) is 7.06 Å². The van der Waals surface area contributed by atoms with Crippen molar-refractivity contribution in [2.75, 3.05) is 0 Å². The molecule has 0 spiro atoms. The van der Waals surface area contributed by atoms with Crippen LogP contribution in [0.15, 0.2) is 0 Å². The lowest BCUT2D eigenvalue weighted by Crippen LogP contribution is -2.84. The molecule has 0 nitrogen and oxygen atoms in total. The van der Waals surface area contributed by atoms with Gasteiger partial charge in [-0.15, -0.1) is 0 Å². The maximum atomic E-state index is 6.84. The zero-order valence-electron chi connectivity index (χ0n) is 39.6. The van der Waals surface area contributed by atoms with Crippen molar-refractivity contribution < 1.29 is 0 Å². The number of rotatable bonds is 33. The Morgan fingerprint density at radius 2 is 0.304 bits per heavy atom. The molecule has 69 heteroatoms. The summed E-state index contributed by atoms with van der Waals surface area (Å²) in [5.41, 5.74) is 0. The summed E-state index contributed by atoms with van der Waals surface area (Å²) in [5.74, 6) is 0. The van der Waals surface area contributed by atoms with E-state index in [0.29, 0.717) is 0 Å². The van der Waals surface area contributed by atoms with Crippen LogP contribution >= 0.6 is 14.7 Å². The Morgan fingerprint density at radius 3 is 0.406 bits per heavy atom. The average molecular weight is 786 g/mol. The van der Waals surface area contributed by atoms with Crippen molar-refractivity contribution in [1.82, 2.24) is 0 Å². The van der Waals surface area contributed by atoms with E-state index < -0.39 is 212 Å². The molecule has 0 aromatic carbocycles. The van der Waals surface area contributed by atoms with Crippen molar-refractivity contribution in [2.45, 2.75) is 0 Å². The molecule has 1 atom stereocenters. The molecule has 0 aromatic rings. The van der Waals surface area contributed by atoms with Crippen molar-refractivity contribution in [3.05, 3.63) is 0 Å². The molecule has 0 saturated heterocycles. The monoisotopic (exact) mass is 800 g/mol. The van der Waals surface area contributed by atoms with Gasteiger partial charge in [0.25, 0.3) is 0 Å². The van der Waals surface area contributed by atoms with Crippen molar-refractivity contribution in [2.24, 2.45) is 0 Å². The average Bonchev–Trinajstić information content (AvgIpc) is 3.12. The van der Waals surface area contributed by atoms with Crippen LogP contribution in [0.3, 0.4) is 0 Å². The highest BCUT2D eigenvalue weighted by Gasteiger charge is 2.62. The molecular weight excluding hydrogens is 786 g/mol. The molecule has 0 amide bonds. The molecule has 0 aliphatic rings. The first-order valence-electron chi connectivity index (χ1n) is 22.2. The standard InChI is InChI=1S/B67P2/c1-36-54(37(2)3)63(55(38(4)5)39(6)7)67(62(52(32)33)53(34)35)69(66(60(48(24)25)49(26)27)61(50(28)29)51(30)31)68(64(56(40(8)9)41(10)11)57(42(12)13)43(14)15)65(58(44(16)17)45(18)19)59(46(20)21)47(22)23. The van der Waals surface area contributed by atoms with Gasteiger partial charge in [-0.25, -0.2) is 14.7 Å². The van der Waals surface area contributed by atoms with Crippen molar-refractivity contribution in [1.29, 1.82) is 0 Å². The van der Waals surface area contributed by atoms with E-state index in [2.05, 4.69) is 0 Å². The first-order chi connectivity index (χ1) is 31.4. The van der Waals surface area contributed by atoms with E-state index in [-0.39, 0.29) is 0 Å². The maximum absolute atomic E-state index is 6.84. The highest BCUT2D eigenvalue weighted by molar-refractivity contribution is 8.85. The van der Waals surface area contributed by atoms with Gasteiger partial charge in [0.15, 0.2) is 0 Å². The van der Waals surface area contributed by atoms with Crippen molar-refractivity contribution >= 4 is 490 Å². The van der Waals surface area contributed by atoms with Crippen LogP contribution < -0.4 is 0 Å². The van der Waals surface area contributed by atoms with Crippen LogP contribution in [0.1, 0.15) is 0 Å². The Labute approximate surface area is 485 Å². The molecule has 0 aliphatic heterocycles. The number of hydrogen-bond donors (Lipinski definition) is 0. The molecule has 0 N–H and O–H groups in total. The summed E-state index contributed by atoms with van der Waals surface area (Å²) in [4.78, 5) is 0. The first kappa shape index (κ1) is 74.2. The molecule has 0 saturated carbocycles. The zero-order valence-corrected chi connectivity index (χ0v) is 41.4. The largest absolute Gasteiger partial charge is 0.203 e. The molecule has 1 unspecified atom stereocenters.